The lowest BCUT2D eigenvalue weighted by atomic mass is 10.0. The number of rotatable bonds is 10. The summed E-state index contributed by atoms with van der Waals surface area (Å²) < 4.78 is 17.6. The van der Waals surface area contributed by atoms with Gasteiger partial charge in [-0.3, -0.25) is 9.36 Å². The number of hydrogen-bond donors (Lipinski definition) is 0. The number of thiophene rings is 1. The molecule has 1 unspecified atom stereocenters. The molecule has 2 aromatic heterocycles. The summed E-state index contributed by atoms with van der Waals surface area (Å²) in [6, 6.07) is 6.94. The third kappa shape index (κ3) is 4.86. The third-order valence-corrected chi connectivity index (χ3v) is 6.21. The second kappa shape index (κ2) is 10.7. The number of nitrogens with zero attached hydrogens (tertiary/aromatic N) is 2. The van der Waals surface area contributed by atoms with Gasteiger partial charge in [-0.1, -0.05) is 19.1 Å². The summed E-state index contributed by atoms with van der Waals surface area (Å²) in [5.74, 6) is 0.824. The number of carbonyl (C=O) groups excluding carboxylic acids is 1. The first-order valence-corrected chi connectivity index (χ1v) is 11.7. The van der Waals surface area contributed by atoms with E-state index in [9.17, 15) is 9.59 Å². The van der Waals surface area contributed by atoms with Crippen molar-refractivity contribution in [1.29, 1.82) is 0 Å². The monoisotopic (exact) mass is 458 g/mol. The van der Waals surface area contributed by atoms with Crippen molar-refractivity contribution in [3.63, 3.8) is 0 Å². The minimum atomic E-state index is -0.741. The highest BCUT2D eigenvalue weighted by molar-refractivity contribution is 7.19. The molecule has 172 valence electrons. The van der Waals surface area contributed by atoms with Crippen molar-refractivity contribution in [1.82, 2.24) is 9.55 Å². The summed E-state index contributed by atoms with van der Waals surface area (Å²) in [7, 11) is 0. The van der Waals surface area contributed by atoms with Crippen LogP contribution in [-0.2, 0) is 14.3 Å². The average molecular weight is 459 g/mol. The molecule has 8 heteroatoms. The van der Waals surface area contributed by atoms with Crippen molar-refractivity contribution < 1.29 is 19.0 Å². The van der Waals surface area contributed by atoms with E-state index in [1.54, 1.807) is 6.92 Å². The van der Waals surface area contributed by atoms with E-state index in [-0.39, 0.29) is 12.2 Å². The van der Waals surface area contributed by atoms with Crippen LogP contribution < -0.4 is 10.3 Å². The van der Waals surface area contributed by atoms with Crippen LogP contribution in [0.4, 0.5) is 0 Å². The maximum atomic E-state index is 13.7. The molecular weight excluding hydrogens is 428 g/mol. The van der Waals surface area contributed by atoms with E-state index in [1.807, 2.05) is 52.0 Å². The summed E-state index contributed by atoms with van der Waals surface area (Å²) in [6.45, 7) is 11.0. The molecule has 2 heterocycles. The topological polar surface area (TPSA) is 79.7 Å². The molecule has 1 atom stereocenters. The van der Waals surface area contributed by atoms with Gasteiger partial charge in [0.05, 0.1) is 18.6 Å². The molecule has 3 aromatic rings. The van der Waals surface area contributed by atoms with E-state index in [1.165, 1.54) is 15.9 Å². The Morgan fingerprint density at radius 2 is 1.81 bits per heavy atom. The molecule has 0 aliphatic rings. The molecule has 1 aromatic carbocycles. The van der Waals surface area contributed by atoms with Crippen LogP contribution in [0.15, 0.2) is 29.1 Å². The number of aromatic nitrogens is 2. The van der Waals surface area contributed by atoms with E-state index in [0.717, 1.165) is 21.8 Å². The Bertz CT molecular complexity index is 1130. The number of esters is 1. The molecule has 0 radical (unpaired) electrons. The number of fused-ring (bicyclic) bond motifs is 1. The lowest BCUT2D eigenvalue weighted by Gasteiger charge is -2.19. The Hall–Kier alpha value is -2.71. The fourth-order valence-electron chi connectivity index (χ4n) is 3.77. The third-order valence-electron chi connectivity index (χ3n) is 5.21. The van der Waals surface area contributed by atoms with Crippen molar-refractivity contribution in [2.75, 3.05) is 26.4 Å². The van der Waals surface area contributed by atoms with Gasteiger partial charge < -0.3 is 14.2 Å². The van der Waals surface area contributed by atoms with Gasteiger partial charge in [0.15, 0.2) is 0 Å². The lowest BCUT2D eigenvalue weighted by molar-refractivity contribution is -0.149. The Labute approximate surface area is 192 Å². The van der Waals surface area contributed by atoms with Gasteiger partial charge in [-0.2, -0.15) is 0 Å². The zero-order valence-corrected chi connectivity index (χ0v) is 20.1. The maximum Gasteiger partial charge on any atom is 0.329 e. The molecule has 0 fully saturated rings. The largest absolute Gasteiger partial charge is 0.494 e. The van der Waals surface area contributed by atoms with Gasteiger partial charge in [-0.05, 0) is 51.8 Å². The van der Waals surface area contributed by atoms with Gasteiger partial charge in [-0.25, -0.2) is 9.78 Å². The van der Waals surface area contributed by atoms with E-state index < -0.39 is 12.0 Å². The second-order valence-corrected chi connectivity index (χ2v) is 8.50. The summed E-state index contributed by atoms with van der Waals surface area (Å²) in [4.78, 5) is 32.8. The minimum Gasteiger partial charge on any atom is -0.494 e. The fraction of sp³-hybridized carbons (Fsp3) is 0.458. The van der Waals surface area contributed by atoms with E-state index in [4.69, 9.17) is 14.2 Å². The number of aryl methyl sites for hydroxylation is 2. The lowest BCUT2D eigenvalue weighted by Crippen LogP contribution is -2.33. The maximum absolute atomic E-state index is 13.7. The Balaban J connectivity index is 2.06. The minimum absolute atomic E-state index is 0.154. The molecule has 0 N–H and O–H groups in total. The van der Waals surface area contributed by atoms with Crippen LogP contribution in [0.1, 0.15) is 43.9 Å². The van der Waals surface area contributed by atoms with Gasteiger partial charge in [0.1, 0.15) is 29.1 Å². The molecule has 32 heavy (non-hydrogen) atoms. The first-order chi connectivity index (χ1) is 15.4. The molecule has 7 nitrogen and oxygen atoms in total. The van der Waals surface area contributed by atoms with Crippen molar-refractivity contribution >= 4 is 27.5 Å². The second-order valence-electron chi connectivity index (χ2n) is 7.29. The number of ether oxygens (including phenoxy) is 3. The van der Waals surface area contributed by atoms with Crippen molar-refractivity contribution in [3.05, 3.63) is 45.3 Å². The molecule has 0 amide bonds. The van der Waals surface area contributed by atoms with Crippen molar-refractivity contribution in [2.45, 2.75) is 47.1 Å². The summed E-state index contributed by atoms with van der Waals surface area (Å²) in [6.07, 6.45) is 0.420. The van der Waals surface area contributed by atoms with E-state index in [2.05, 4.69) is 4.98 Å². The summed E-state index contributed by atoms with van der Waals surface area (Å²) in [5.41, 5.74) is 1.53. The first kappa shape index (κ1) is 23.9. The van der Waals surface area contributed by atoms with Crippen molar-refractivity contribution in [3.8, 4) is 16.9 Å². The Morgan fingerprint density at radius 1 is 1.09 bits per heavy atom. The zero-order valence-electron chi connectivity index (χ0n) is 19.3. The normalized spacial score (nSPS) is 12.2. The van der Waals surface area contributed by atoms with E-state index >= 15 is 0 Å². The Kier molecular flexibility index (Phi) is 8.04. The smallest absolute Gasteiger partial charge is 0.329 e. The SMILES string of the molecule is CCOCCOC(=O)C(CC)n1c(C)nc2sc(C)c(-c3ccc(OCC)cc3)c2c1=O. The van der Waals surface area contributed by atoms with E-state index in [0.29, 0.717) is 42.3 Å². The zero-order chi connectivity index (χ0) is 23.3. The van der Waals surface area contributed by atoms with Crippen LogP contribution in [0.3, 0.4) is 0 Å². The fourth-order valence-corrected chi connectivity index (χ4v) is 4.85. The summed E-state index contributed by atoms with van der Waals surface area (Å²) >= 11 is 1.48. The first-order valence-electron chi connectivity index (χ1n) is 10.9. The Morgan fingerprint density at radius 3 is 2.44 bits per heavy atom. The highest BCUT2D eigenvalue weighted by Crippen LogP contribution is 2.36. The predicted molar refractivity (Wildman–Crippen MR) is 127 cm³/mol. The molecule has 0 saturated heterocycles. The predicted octanol–water partition coefficient (Wildman–Crippen LogP) is 4.67. The van der Waals surface area contributed by atoms with Crippen molar-refractivity contribution in [2.24, 2.45) is 0 Å². The number of carbonyl (C=O) groups is 1. The standard InChI is InChI=1S/C24H30N2O5S/c1-6-19(24(28)31-14-13-29-7-2)26-16(5)25-22-21(23(26)27)20(15(4)32-22)17-9-11-18(12-10-17)30-8-3/h9-12,19H,6-8,13-14H2,1-5H3. The van der Waals surface area contributed by atoms with Gasteiger partial charge >= 0.3 is 5.97 Å². The van der Waals surface area contributed by atoms with Gasteiger partial charge in [0.25, 0.3) is 5.56 Å². The quantitative estimate of drug-likeness (QED) is 0.324. The highest BCUT2D eigenvalue weighted by Gasteiger charge is 2.26. The highest BCUT2D eigenvalue weighted by atomic mass is 32.1. The van der Waals surface area contributed by atoms with Crippen LogP contribution in [0.2, 0.25) is 0 Å². The molecule has 0 spiro atoms. The van der Waals surface area contributed by atoms with Crippen LogP contribution in [0.5, 0.6) is 5.75 Å². The average Bonchev–Trinajstić information content (AvgIpc) is 3.10. The summed E-state index contributed by atoms with van der Waals surface area (Å²) in [5, 5.41) is 0.530. The molecule has 0 aliphatic heterocycles. The molecule has 0 saturated carbocycles. The van der Waals surface area contributed by atoms with Gasteiger partial charge in [0.2, 0.25) is 0 Å². The molecule has 0 bridgehead atoms. The van der Waals surface area contributed by atoms with Gasteiger partial charge in [-0.15, -0.1) is 11.3 Å². The number of hydrogen-bond acceptors (Lipinski definition) is 7. The van der Waals surface area contributed by atoms with Gasteiger partial charge in [0, 0.05) is 17.0 Å². The molecular formula is C24H30N2O5S. The van der Waals surface area contributed by atoms with Crippen LogP contribution in [0.25, 0.3) is 21.3 Å². The number of benzene rings is 1. The molecule has 0 aliphatic carbocycles. The van der Waals surface area contributed by atoms with Crippen LogP contribution >= 0.6 is 11.3 Å². The van der Waals surface area contributed by atoms with Crippen LogP contribution in [-0.4, -0.2) is 41.9 Å². The van der Waals surface area contributed by atoms with Crippen LogP contribution in [0, 0.1) is 13.8 Å². The molecule has 3 rings (SSSR count).